The number of carbonyl (C=O) groups excluding carboxylic acids is 2. The van der Waals surface area contributed by atoms with E-state index in [-0.39, 0.29) is 6.61 Å². The van der Waals surface area contributed by atoms with Crippen molar-refractivity contribution in [1.29, 1.82) is 0 Å². The van der Waals surface area contributed by atoms with Gasteiger partial charge in [0.2, 0.25) is 0 Å². The standard InChI is InChI=1S/C27H38O7/c1-8-15(3)23(30)33-22-16(4)26(31)19(21-24(6,7)27(21,22)32)10-18(13-28)12-25(34-17(5)29)11-14(2)9-20(25)26/h8-10,16,19-22,28,31-32H,11-13H2,1-7H3/b15-8+. The van der Waals surface area contributed by atoms with Crippen LogP contribution in [-0.4, -0.2) is 56.8 Å². The van der Waals surface area contributed by atoms with Gasteiger partial charge < -0.3 is 24.8 Å². The third-order valence-corrected chi connectivity index (χ3v) is 9.29. The highest BCUT2D eigenvalue weighted by Gasteiger charge is 2.85. The van der Waals surface area contributed by atoms with Crippen LogP contribution in [0.3, 0.4) is 0 Å². The zero-order valence-corrected chi connectivity index (χ0v) is 21.2. The van der Waals surface area contributed by atoms with Crippen LogP contribution in [0.2, 0.25) is 0 Å². The second-order valence-corrected chi connectivity index (χ2v) is 11.5. The van der Waals surface area contributed by atoms with Gasteiger partial charge in [-0.05, 0) is 26.3 Å². The summed E-state index contributed by atoms with van der Waals surface area (Å²) >= 11 is 0. The molecule has 0 aromatic heterocycles. The molecule has 0 amide bonds. The number of carbonyl (C=O) groups is 2. The maximum absolute atomic E-state index is 12.8. The number of allylic oxidation sites excluding steroid dienone is 1. The number of aliphatic hydroxyl groups is 3. The molecule has 2 fully saturated rings. The van der Waals surface area contributed by atoms with E-state index in [1.807, 2.05) is 32.9 Å². The van der Waals surface area contributed by atoms with Gasteiger partial charge in [0.25, 0.3) is 0 Å². The van der Waals surface area contributed by atoms with Crippen molar-refractivity contribution < 1.29 is 34.4 Å². The minimum Gasteiger partial charge on any atom is -0.458 e. The van der Waals surface area contributed by atoms with Crippen molar-refractivity contribution in [2.24, 2.45) is 29.1 Å². The first kappa shape index (κ1) is 25.1. The molecule has 0 aliphatic heterocycles. The van der Waals surface area contributed by atoms with Crippen molar-refractivity contribution >= 4 is 11.9 Å². The molecule has 188 valence electrons. The van der Waals surface area contributed by atoms with Crippen LogP contribution in [-0.2, 0) is 19.1 Å². The fraction of sp³-hybridized carbons (Fsp3) is 0.704. The third kappa shape index (κ3) is 3.12. The van der Waals surface area contributed by atoms with E-state index in [1.54, 1.807) is 26.8 Å². The zero-order valence-electron chi connectivity index (χ0n) is 21.2. The van der Waals surface area contributed by atoms with Crippen LogP contribution in [0, 0.1) is 29.1 Å². The number of esters is 2. The summed E-state index contributed by atoms with van der Waals surface area (Å²) in [5, 5.41) is 34.8. The molecule has 0 aromatic carbocycles. The highest BCUT2D eigenvalue weighted by molar-refractivity contribution is 5.88. The molecule has 8 unspecified atom stereocenters. The Morgan fingerprint density at radius 1 is 1.18 bits per heavy atom. The molecule has 0 bridgehead atoms. The summed E-state index contributed by atoms with van der Waals surface area (Å²) in [5.41, 5.74) is -2.43. The predicted molar refractivity (Wildman–Crippen MR) is 125 cm³/mol. The number of ether oxygens (including phenoxy) is 2. The Balaban J connectivity index is 1.91. The van der Waals surface area contributed by atoms with Gasteiger partial charge in [0, 0.05) is 54.4 Å². The summed E-state index contributed by atoms with van der Waals surface area (Å²) in [6, 6.07) is 0. The molecule has 4 aliphatic rings. The molecular formula is C27H38O7. The fourth-order valence-electron chi connectivity index (χ4n) is 7.55. The molecule has 7 heteroatoms. The van der Waals surface area contributed by atoms with Gasteiger partial charge in [0.1, 0.15) is 17.3 Å². The largest absolute Gasteiger partial charge is 0.458 e. The molecular weight excluding hydrogens is 436 g/mol. The molecule has 0 aromatic rings. The summed E-state index contributed by atoms with van der Waals surface area (Å²) < 4.78 is 11.9. The summed E-state index contributed by atoms with van der Waals surface area (Å²) in [7, 11) is 0. The van der Waals surface area contributed by atoms with Gasteiger partial charge >= 0.3 is 11.9 Å². The molecule has 8 atom stereocenters. The summed E-state index contributed by atoms with van der Waals surface area (Å²) in [6.45, 7) is 12.1. The van der Waals surface area contributed by atoms with E-state index >= 15 is 0 Å². The molecule has 4 rings (SSSR count). The van der Waals surface area contributed by atoms with E-state index in [0.29, 0.717) is 24.0 Å². The van der Waals surface area contributed by atoms with Gasteiger partial charge in [0.05, 0.1) is 12.2 Å². The van der Waals surface area contributed by atoms with Crippen LogP contribution in [0.5, 0.6) is 0 Å². The highest BCUT2D eigenvalue weighted by atomic mass is 16.6. The van der Waals surface area contributed by atoms with Gasteiger partial charge in [-0.2, -0.15) is 0 Å². The minimum atomic E-state index is -1.48. The number of hydrogen-bond donors (Lipinski definition) is 3. The monoisotopic (exact) mass is 474 g/mol. The van der Waals surface area contributed by atoms with Gasteiger partial charge in [-0.3, -0.25) is 4.79 Å². The molecule has 0 saturated heterocycles. The topological polar surface area (TPSA) is 113 Å². The number of rotatable bonds is 4. The Labute approximate surface area is 201 Å². The van der Waals surface area contributed by atoms with E-state index in [0.717, 1.165) is 5.57 Å². The quantitative estimate of drug-likeness (QED) is 0.326. The van der Waals surface area contributed by atoms with E-state index in [2.05, 4.69) is 0 Å². The lowest BCUT2D eigenvalue weighted by Gasteiger charge is -2.53. The lowest BCUT2D eigenvalue weighted by molar-refractivity contribution is -0.225. The fourth-order valence-corrected chi connectivity index (χ4v) is 7.55. The molecule has 4 aliphatic carbocycles. The maximum atomic E-state index is 12.8. The van der Waals surface area contributed by atoms with Crippen LogP contribution >= 0.6 is 0 Å². The van der Waals surface area contributed by atoms with E-state index in [9.17, 15) is 24.9 Å². The smallest absolute Gasteiger partial charge is 0.333 e. The third-order valence-electron chi connectivity index (χ3n) is 9.29. The normalized spacial score (nSPS) is 44.5. The average Bonchev–Trinajstić information content (AvgIpc) is 3.05. The van der Waals surface area contributed by atoms with Crippen LogP contribution in [0.25, 0.3) is 0 Å². The zero-order chi connectivity index (χ0) is 25.4. The molecule has 0 heterocycles. The van der Waals surface area contributed by atoms with Gasteiger partial charge in [-0.25, -0.2) is 4.79 Å². The average molecular weight is 475 g/mol. The lowest BCUT2D eigenvalue weighted by Crippen LogP contribution is -2.65. The number of hydrogen-bond acceptors (Lipinski definition) is 7. The van der Waals surface area contributed by atoms with Crippen molar-refractivity contribution in [2.45, 2.75) is 84.2 Å². The summed E-state index contributed by atoms with van der Waals surface area (Å²) in [4.78, 5) is 25.0. The summed E-state index contributed by atoms with van der Waals surface area (Å²) in [6.07, 6.45) is 5.28. The van der Waals surface area contributed by atoms with Gasteiger partial charge in [-0.15, -0.1) is 0 Å². The SMILES string of the molecule is C/C=C(\C)C(=O)OC1C(C)C2(O)C(C=C(CO)CC3(OC(C)=O)CC(C)=CC32)C2C(C)(C)C12O. The van der Waals surface area contributed by atoms with Crippen molar-refractivity contribution in [3.63, 3.8) is 0 Å². The summed E-state index contributed by atoms with van der Waals surface area (Å²) in [5.74, 6) is -3.17. The van der Waals surface area contributed by atoms with E-state index in [4.69, 9.17) is 9.47 Å². The maximum Gasteiger partial charge on any atom is 0.333 e. The first-order valence-electron chi connectivity index (χ1n) is 12.2. The minimum absolute atomic E-state index is 0.236. The Hall–Kier alpha value is -1.96. The Morgan fingerprint density at radius 2 is 1.82 bits per heavy atom. The highest BCUT2D eigenvalue weighted by Crippen LogP contribution is 2.75. The first-order chi connectivity index (χ1) is 15.7. The van der Waals surface area contributed by atoms with E-state index in [1.165, 1.54) is 6.92 Å². The Bertz CT molecular complexity index is 1010. The molecule has 0 radical (unpaired) electrons. The first-order valence-corrected chi connectivity index (χ1v) is 12.2. The van der Waals surface area contributed by atoms with Crippen molar-refractivity contribution in [2.75, 3.05) is 6.61 Å². The lowest BCUT2D eigenvalue weighted by atomic mass is 9.59. The van der Waals surface area contributed by atoms with Crippen molar-refractivity contribution in [3.05, 3.63) is 34.9 Å². The van der Waals surface area contributed by atoms with Gasteiger partial charge in [0.15, 0.2) is 0 Å². The van der Waals surface area contributed by atoms with Gasteiger partial charge in [-0.1, -0.05) is 44.6 Å². The molecule has 34 heavy (non-hydrogen) atoms. The van der Waals surface area contributed by atoms with Crippen LogP contribution in [0.4, 0.5) is 0 Å². The van der Waals surface area contributed by atoms with Crippen molar-refractivity contribution in [3.8, 4) is 0 Å². The van der Waals surface area contributed by atoms with Crippen LogP contribution < -0.4 is 0 Å². The molecule has 2 saturated carbocycles. The molecule has 3 N–H and O–H groups in total. The number of fused-ring (bicyclic) bond motifs is 5. The second kappa shape index (κ2) is 7.77. The Morgan fingerprint density at radius 3 is 2.38 bits per heavy atom. The van der Waals surface area contributed by atoms with Crippen LogP contribution in [0.1, 0.15) is 61.3 Å². The second-order valence-electron chi connectivity index (χ2n) is 11.5. The van der Waals surface area contributed by atoms with Crippen LogP contribution in [0.15, 0.2) is 34.9 Å². The molecule has 0 spiro atoms. The Kier molecular flexibility index (Phi) is 5.75. The number of aliphatic hydroxyl groups excluding tert-OH is 1. The predicted octanol–water partition coefficient (Wildman–Crippen LogP) is 2.84. The van der Waals surface area contributed by atoms with E-state index < -0.39 is 63.9 Å². The molecule has 7 nitrogen and oxygen atoms in total. The van der Waals surface area contributed by atoms with Crippen molar-refractivity contribution in [1.82, 2.24) is 0 Å².